The van der Waals surface area contributed by atoms with Crippen LogP contribution in [0.25, 0.3) is 17.1 Å². The van der Waals surface area contributed by atoms with Crippen molar-refractivity contribution in [2.45, 2.75) is 24.5 Å². The molecule has 7 nitrogen and oxygen atoms in total. The van der Waals surface area contributed by atoms with Crippen LogP contribution in [0.5, 0.6) is 0 Å². The standard InChI is InChI=1S/C22H24N4O3S2/c1-16-8-10-18(11-9-16)26-21(17-6-4-3-5-7-17)23-24-22(26)30-14-20(27)25(2)19-12-13-31(28,29)15-19/h3-11,19H,12-15H2,1-2H3/t19-/m0/s1. The molecule has 3 aromatic rings. The van der Waals surface area contributed by atoms with E-state index in [1.54, 1.807) is 11.9 Å². The minimum atomic E-state index is -3.04. The van der Waals surface area contributed by atoms with E-state index in [0.717, 1.165) is 16.8 Å². The monoisotopic (exact) mass is 456 g/mol. The Labute approximate surface area is 186 Å². The molecule has 1 amide bonds. The Hall–Kier alpha value is -2.65. The number of hydrogen-bond donors (Lipinski definition) is 0. The van der Waals surface area contributed by atoms with Crippen LogP contribution in [-0.2, 0) is 14.6 Å². The van der Waals surface area contributed by atoms with Gasteiger partial charge in [0.15, 0.2) is 20.8 Å². The second kappa shape index (κ2) is 8.84. The molecule has 0 bridgehead atoms. The van der Waals surface area contributed by atoms with Gasteiger partial charge in [-0.2, -0.15) is 0 Å². The van der Waals surface area contributed by atoms with Crippen molar-refractivity contribution in [3.8, 4) is 17.1 Å². The summed E-state index contributed by atoms with van der Waals surface area (Å²) in [5.74, 6) is 0.926. The maximum atomic E-state index is 12.7. The first-order valence-electron chi connectivity index (χ1n) is 10.0. The van der Waals surface area contributed by atoms with Crippen LogP contribution in [0.1, 0.15) is 12.0 Å². The third kappa shape index (κ3) is 4.83. The third-order valence-electron chi connectivity index (χ3n) is 5.43. The molecule has 1 aliphatic rings. The molecule has 1 saturated heterocycles. The van der Waals surface area contributed by atoms with Crippen molar-refractivity contribution in [1.82, 2.24) is 19.7 Å². The predicted octanol–water partition coefficient (Wildman–Crippen LogP) is 2.98. The van der Waals surface area contributed by atoms with E-state index in [4.69, 9.17) is 0 Å². The molecule has 162 valence electrons. The van der Waals surface area contributed by atoms with Crippen LogP contribution in [0.2, 0.25) is 0 Å². The number of carbonyl (C=O) groups is 1. The van der Waals surface area contributed by atoms with Crippen molar-refractivity contribution in [2.24, 2.45) is 0 Å². The van der Waals surface area contributed by atoms with Gasteiger partial charge in [0.2, 0.25) is 5.91 Å². The van der Waals surface area contributed by atoms with Crippen LogP contribution in [-0.4, -0.2) is 64.3 Å². The molecule has 1 fully saturated rings. The van der Waals surface area contributed by atoms with E-state index in [2.05, 4.69) is 10.2 Å². The van der Waals surface area contributed by atoms with Crippen molar-refractivity contribution in [3.63, 3.8) is 0 Å². The van der Waals surface area contributed by atoms with Gasteiger partial charge >= 0.3 is 0 Å². The highest BCUT2D eigenvalue weighted by atomic mass is 32.2. The van der Waals surface area contributed by atoms with Gasteiger partial charge in [0.1, 0.15) is 0 Å². The van der Waals surface area contributed by atoms with E-state index in [1.165, 1.54) is 11.8 Å². The summed E-state index contributed by atoms with van der Waals surface area (Å²) in [4.78, 5) is 14.3. The van der Waals surface area contributed by atoms with Gasteiger partial charge < -0.3 is 4.90 Å². The molecule has 0 radical (unpaired) electrons. The Morgan fingerprint density at radius 2 is 1.84 bits per heavy atom. The van der Waals surface area contributed by atoms with E-state index in [-0.39, 0.29) is 29.2 Å². The van der Waals surface area contributed by atoms with E-state index >= 15 is 0 Å². The lowest BCUT2D eigenvalue weighted by atomic mass is 10.2. The molecule has 2 heterocycles. The quantitative estimate of drug-likeness (QED) is 0.530. The Morgan fingerprint density at radius 3 is 2.48 bits per heavy atom. The van der Waals surface area contributed by atoms with E-state index in [0.29, 0.717) is 17.4 Å². The first kappa shape index (κ1) is 21.6. The number of sulfone groups is 1. The molecule has 0 N–H and O–H groups in total. The molecule has 1 aromatic heterocycles. The van der Waals surface area contributed by atoms with Crippen LogP contribution in [0, 0.1) is 6.92 Å². The summed E-state index contributed by atoms with van der Waals surface area (Å²) < 4.78 is 25.4. The highest BCUT2D eigenvalue weighted by Gasteiger charge is 2.32. The zero-order chi connectivity index (χ0) is 22.0. The molecule has 0 saturated carbocycles. The topological polar surface area (TPSA) is 85.2 Å². The molecule has 1 atom stereocenters. The van der Waals surface area contributed by atoms with Gasteiger partial charge in [-0.05, 0) is 25.5 Å². The molecule has 31 heavy (non-hydrogen) atoms. The average Bonchev–Trinajstić information content (AvgIpc) is 3.35. The number of aryl methyl sites for hydroxylation is 1. The highest BCUT2D eigenvalue weighted by Crippen LogP contribution is 2.28. The smallest absolute Gasteiger partial charge is 0.233 e. The zero-order valence-electron chi connectivity index (χ0n) is 17.4. The number of benzene rings is 2. The second-order valence-electron chi connectivity index (χ2n) is 7.69. The van der Waals surface area contributed by atoms with Gasteiger partial charge in [0.05, 0.1) is 17.3 Å². The fraction of sp³-hybridized carbons (Fsp3) is 0.318. The SMILES string of the molecule is Cc1ccc(-n2c(SCC(=O)N(C)[C@H]3CCS(=O)(=O)C3)nnc2-c2ccccc2)cc1. The summed E-state index contributed by atoms with van der Waals surface area (Å²) in [6, 6.07) is 17.6. The predicted molar refractivity (Wildman–Crippen MR) is 122 cm³/mol. The van der Waals surface area contributed by atoms with Gasteiger partial charge in [0.25, 0.3) is 0 Å². The summed E-state index contributed by atoms with van der Waals surface area (Å²) in [6.07, 6.45) is 0.493. The molecule has 0 aliphatic carbocycles. The highest BCUT2D eigenvalue weighted by molar-refractivity contribution is 7.99. The molecule has 4 rings (SSSR count). The third-order valence-corrected chi connectivity index (χ3v) is 8.10. The van der Waals surface area contributed by atoms with Crippen LogP contribution in [0.3, 0.4) is 0 Å². The summed E-state index contributed by atoms with van der Waals surface area (Å²) in [6.45, 7) is 2.03. The lowest BCUT2D eigenvalue weighted by Crippen LogP contribution is -2.38. The van der Waals surface area contributed by atoms with Crippen molar-refractivity contribution >= 4 is 27.5 Å². The average molecular weight is 457 g/mol. The Bertz CT molecular complexity index is 1180. The first-order valence-corrected chi connectivity index (χ1v) is 12.8. The number of thioether (sulfide) groups is 1. The maximum Gasteiger partial charge on any atom is 0.233 e. The van der Waals surface area contributed by atoms with Gasteiger partial charge in [-0.3, -0.25) is 9.36 Å². The van der Waals surface area contributed by atoms with Crippen molar-refractivity contribution in [2.75, 3.05) is 24.3 Å². The lowest BCUT2D eigenvalue weighted by molar-refractivity contribution is -0.128. The number of hydrogen-bond acceptors (Lipinski definition) is 6. The van der Waals surface area contributed by atoms with Crippen LogP contribution >= 0.6 is 11.8 Å². The van der Waals surface area contributed by atoms with Crippen molar-refractivity contribution < 1.29 is 13.2 Å². The van der Waals surface area contributed by atoms with Crippen LogP contribution in [0.15, 0.2) is 59.8 Å². The minimum Gasteiger partial charge on any atom is -0.341 e. The normalized spacial score (nSPS) is 17.5. The molecule has 0 unspecified atom stereocenters. The Kier molecular flexibility index (Phi) is 6.15. The maximum absolute atomic E-state index is 12.7. The molecule has 2 aromatic carbocycles. The fourth-order valence-electron chi connectivity index (χ4n) is 3.58. The largest absolute Gasteiger partial charge is 0.341 e. The van der Waals surface area contributed by atoms with Crippen LogP contribution < -0.4 is 0 Å². The summed E-state index contributed by atoms with van der Waals surface area (Å²) in [5, 5.41) is 9.36. The fourth-order valence-corrected chi connectivity index (χ4v) is 6.23. The van der Waals surface area contributed by atoms with E-state index in [1.807, 2.05) is 66.1 Å². The number of amides is 1. The van der Waals surface area contributed by atoms with Gasteiger partial charge in [0, 0.05) is 24.3 Å². The Balaban J connectivity index is 1.58. The zero-order valence-corrected chi connectivity index (χ0v) is 19.1. The van der Waals surface area contributed by atoms with Crippen molar-refractivity contribution in [3.05, 3.63) is 60.2 Å². The van der Waals surface area contributed by atoms with Gasteiger partial charge in [-0.15, -0.1) is 10.2 Å². The molecular formula is C22H24N4O3S2. The summed E-state index contributed by atoms with van der Waals surface area (Å²) in [5.41, 5.74) is 3.00. The number of nitrogens with zero attached hydrogens (tertiary/aromatic N) is 4. The first-order chi connectivity index (χ1) is 14.8. The Morgan fingerprint density at radius 1 is 1.13 bits per heavy atom. The van der Waals surface area contributed by atoms with Crippen LogP contribution in [0.4, 0.5) is 0 Å². The van der Waals surface area contributed by atoms with Gasteiger partial charge in [-0.1, -0.05) is 59.8 Å². The number of aromatic nitrogens is 3. The molecule has 1 aliphatic heterocycles. The molecule has 9 heteroatoms. The van der Waals surface area contributed by atoms with E-state index in [9.17, 15) is 13.2 Å². The summed E-state index contributed by atoms with van der Waals surface area (Å²) >= 11 is 1.31. The van der Waals surface area contributed by atoms with E-state index < -0.39 is 9.84 Å². The number of rotatable bonds is 6. The molecule has 0 spiro atoms. The molecular weight excluding hydrogens is 432 g/mol. The minimum absolute atomic E-state index is 0.0393. The van der Waals surface area contributed by atoms with Crippen molar-refractivity contribution in [1.29, 1.82) is 0 Å². The summed E-state index contributed by atoms with van der Waals surface area (Å²) in [7, 11) is -1.37. The van der Waals surface area contributed by atoms with Gasteiger partial charge in [-0.25, -0.2) is 8.42 Å². The number of carbonyl (C=O) groups excluding carboxylic acids is 1. The second-order valence-corrected chi connectivity index (χ2v) is 10.9. The lowest BCUT2D eigenvalue weighted by Gasteiger charge is -2.23.